The number of hydrogen-bond donors (Lipinski definition) is 3. The Morgan fingerprint density at radius 2 is 1.88 bits per heavy atom. The smallest absolute Gasteiger partial charge is 0.224 e. The van der Waals surface area contributed by atoms with Crippen molar-refractivity contribution in [3.8, 4) is 5.75 Å². The zero-order valence-electron chi connectivity index (χ0n) is 17.9. The Bertz CT molecular complexity index is 1060. The number of amides is 1. The van der Waals surface area contributed by atoms with Gasteiger partial charge < -0.3 is 20.7 Å². The average Bonchev–Trinajstić information content (AvgIpc) is 2.78. The van der Waals surface area contributed by atoms with Crippen LogP contribution in [0.3, 0.4) is 0 Å². The highest BCUT2D eigenvalue weighted by Crippen LogP contribution is 2.20. The fourth-order valence-corrected chi connectivity index (χ4v) is 3.15. The maximum Gasteiger partial charge on any atom is 0.224 e. The Labute approximate surface area is 191 Å². The number of anilines is 3. The normalized spacial score (nSPS) is 10.5. The Morgan fingerprint density at radius 1 is 1.09 bits per heavy atom. The Balaban J connectivity index is 1.43. The van der Waals surface area contributed by atoms with Crippen LogP contribution >= 0.6 is 11.6 Å². The third kappa shape index (κ3) is 7.09. The van der Waals surface area contributed by atoms with Gasteiger partial charge in [0.25, 0.3) is 0 Å². The number of carbonyl (C=O) groups excluding carboxylic acids is 1. The van der Waals surface area contributed by atoms with E-state index in [1.165, 1.54) is 6.07 Å². The van der Waals surface area contributed by atoms with Crippen molar-refractivity contribution in [2.75, 3.05) is 30.8 Å². The molecule has 3 rings (SSSR count). The largest absolute Gasteiger partial charge is 0.497 e. The monoisotopic (exact) mass is 457 g/mol. The minimum absolute atomic E-state index is 0.0612. The first-order chi connectivity index (χ1) is 15.4. The van der Waals surface area contributed by atoms with Gasteiger partial charge in [-0.2, -0.15) is 4.98 Å². The van der Waals surface area contributed by atoms with Crippen molar-refractivity contribution >= 4 is 35.0 Å². The van der Waals surface area contributed by atoms with Crippen LogP contribution in [-0.4, -0.2) is 36.1 Å². The number of methoxy groups -OCH3 is 1. The maximum atomic E-state index is 13.2. The molecule has 7 nitrogen and oxygen atoms in total. The predicted octanol–water partition coefficient (Wildman–Crippen LogP) is 4.49. The van der Waals surface area contributed by atoms with E-state index in [9.17, 15) is 9.18 Å². The number of rotatable bonds is 10. The first-order valence-corrected chi connectivity index (χ1v) is 10.5. The minimum Gasteiger partial charge on any atom is -0.497 e. The summed E-state index contributed by atoms with van der Waals surface area (Å²) >= 11 is 5.76. The zero-order valence-corrected chi connectivity index (χ0v) is 18.7. The van der Waals surface area contributed by atoms with Crippen LogP contribution in [0.2, 0.25) is 5.02 Å². The van der Waals surface area contributed by atoms with Gasteiger partial charge in [-0.05, 0) is 55.3 Å². The van der Waals surface area contributed by atoms with Crippen LogP contribution in [0, 0.1) is 12.7 Å². The molecule has 0 aliphatic heterocycles. The van der Waals surface area contributed by atoms with Crippen molar-refractivity contribution in [1.29, 1.82) is 0 Å². The zero-order chi connectivity index (χ0) is 22.9. The SMILES string of the molecule is COc1ccc(Nc2cc(C)nc(NCCNC(=O)CCc3ccc(F)c(Cl)c3)n2)cc1. The first-order valence-electron chi connectivity index (χ1n) is 10.1. The number of aromatic nitrogens is 2. The minimum atomic E-state index is -0.466. The van der Waals surface area contributed by atoms with Gasteiger partial charge in [0.05, 0.1) is 12.1 Å². The highest BCUT2D eigenvalue weighted by Gasteiger charge is 2.06. The van der Waals surface area contributed by atoms with E-state index in [-0.39, 0.29) is 10.9 Å². The lowest BCUT2D eigenvalue weighted by atomic mass is 10.1. The third-order valence-electron chi connectivity index (χ3n) is 4.57. The summed E-state index contributed by atoms with van der Waals surface area (Å²) in [6.07, 6.45) is 0.777. The molecule has 0 atom stereocenters. The molecular formula is C23H25ClFN5O2. The van der Waals surface area contributed by atoms with Crippen LogP contribution in [-0.2, 0) is 11.2 Å². The van der Waals surface area contributed by atoms with Crippen molar-refractivity contribution in [2.24, 2.45) is 0 Å². The summed E-state index contributed by atoms with van der Waals surface area (Å²) in [5, 5.41) is 9.25. The van der Waals surface area contributed by atoms with Crippen molar-refractivity contribution in [2.45, 2.75) is 19.8 Å². The number of hydrogen-bond acceptors (Lipinski definition) is 6. The molecule has 168 valence electrons. The second-order valence-corrected chi connectivity index (χ2v) is 7.50. The van der Waals surface area contributed by atoms with E-state index in [2.05, 4.69) is 25.9 Å². The molecular weight excluding hydrogens is 433 g/mol. The molecule has 1 heterocycles. The summed E-state index contributed by atoms with van der Waals surface area (Å²) in [7, 11) is 1.62. The molecule has 1 aromatic heterocycles. The molecule has 0 aliphatic carbocycles. The third-order valence-corrected chi connectivity index (χ3v) is 4.86. The van der Waals surface area contributed by atoms with Gasteiger partial charge in [-0.15, -0.1) is 0 Å². The Kier molecular flexibility index (Phi) is 8.21. The molecule has 0 fully saturated rings. The molecule has 9 heteroatoms. The number of nitrogens with one attached hydrogen (secondary N) is 3. The van der Waals surface area contributed by atoms with Crippen molar-refractivity contribution in [3.05, 3.63) is 70.6 Å². The van der Waals surface area contributed by atoms with Crippen LogP contribution in [0.25, 0.3) is 0 Å². The predicted molar refractivity (Wildman–Crippen MR) is 124 cm³/mol. The van der Waals surface area contributed by atoms with Crippen LogP contribution in [0.4, 0.5) is 21.8 Å². The summed E-state index contributed by atoms with van der Waals surface area (Å²) in [5.74, 6) is 1.34. The number of carbonyl (C=O) groups is 1. The van der Waals surface area contributed by atoms with Gasteiger partial charge in [-0.1, -0.05) is 17.7 Å². The lowest BCUT2D eigenvalue weighted by Crippen LogP contribution is -2.29. The van der Waals surface area contributed by atoms with Gasteiger partial charge in [0.15, 0.2) is 0 Å². The molecule has 0 bridgehead atoms. The van der Waals surface area contributed by atoms with E-state index in [0.717, 1.165) is 22.7 Å². The molecule has 32 heavy (non-hydrogen) atoms. The van der Waals surface area contributed by atoms with Gasteiger partial charge in [-0.3, -0.25) is 4.79 Å². The van der Waals surface area contributed by atoms with Crippen molar-refractivity contribution in [3.63, 3.8) is 0 Å². The topological polar surface area (TPSA) is 88.2 Å². The van der Waals surface area contributed by atoms with Crippen molar-refractivity contribution in [1.82, 2.24) is 15.3 Å². The number of ether oxygens (including phenoxy) is 1. The second kappa shape index (κ2) is 11.3. The van der Waals surface area contributed by atoms with Gasteiger partial charge in [-0.25, -0.2) is 9.37 Å². The summed E-state index contributed by atoms with van der Waals surface area (Å²) in [5.41, 5.74) is 2.50. The highest BCUT2D eigenvalue weighted by atomic mass is 35.5. The van der Waals surface area contributed by atoms with Crippen LogP contribution in [0.1, 0.15) is 17.7 Å². The molecule has 0 saturated heterocycles. The van der Waals surface area contributed by atoms with Crippen LogP contribution in [0.5, 0.6) is 5.75 Å². The fourth-order valence-electron chi connectivity index (χ4n) is 2.95. The molecule has 0 radical (unpaired) electrons. The van der Waals surface area contributed by atoms with Crippen LogP contribution < -0.4 is 20.7 Å². The molecule has 2 aromatic carbocycles. The number of halogens is 2. The van der Waals surface area contributed by atoms with E-state index < -0.39 is 5.82 Å². The van der Waals surface area contributed by atoms with Gasteiger partial charge in [0.2, 0.25) is 11.9 Å². The van der Waals surface area contributed by atoms with Gasteiger partial charge in [0.1, 0.15) is 17.4 Å². The Morgan fingerprint density at radius 3 is 2.59 bits per heavy atom. The molecule has 0 unspecified atom stereocenters. The highest BCUT2D eigenvalue weighted by molar-refractivity contribution is 6.30. The Hall–Kier alpha value is -3.39. The van der Waals surface area contributed by atoms with Gasteiger partial charge >= 0.3 is 0 Å². The molecule has 1 amide bonds. The summed E-state index contributed by atoms with van der Waals surface area (Å²) in [4.78, 5) is 20.9. The fraction of sp³-hybridized carbons (Fsp3) is 0.261. The first kappa shape index (κ1) is 23.3. The lowest BCUT2D eigenvalue weighted by Gasteiger charge is -2.11. The van der Waals surface area contributed by atoms with E-state index in [0.29, 0.717) is 37.7 Å². The molecule has 3 aromatic rings. The van der Waals surface area contributed by atoms with Crippen LogP contribution in [0.15, 0.2) is 48.5 Å². The average molecular weight is 458 g/mol. The molecule has 0 aliphatic rings. The molecule has 3 N–H and O–H groups in total. The lowest BCUT2D eigenvalue weighted by molar-refractivity contribution is -0.120. The van der Waals surface area contributed by atoms with E-state index >= 15 is 0 Å². The summed E-state index contributed by atoms with van der Waals surface area (Å²) in [6.45, 7) is 2.77. The number of benzene rings is 2. The van der Waals surface area contributed by atoms with Gasteiger partial charge in [0, 0.05) is 37.0 Å². The number of aryl methyl sites for hydroxylation is 2. The van der Waals surface area contributed by atoms with E-state index in [1.54, 1.807) is 19.2 Å². The molecule has 0 saturated carbocycles. The van der Waals surface area contributed by atoms with Crippen molar-refractivity contribution < 1.29 is 13.9 Å². The maximum absolute atomic E-state index is 13.2. The van der Waals surface area contributed by atoms with E-state index in [4.69, 9.17) is 16.3 Å². The number of nitrogens with zero attached hydrogens (tertiary/aromatic N) is 2. The summed E-state index contributed by atoms with van der Waals surface area (Å²) in [6, 6.07) is 13.8. The quantitative estimate of drug-likeness (QED) is 0.389. The summed E-state index contributed by atoms with van der Waals surface area (Å²) < 4.78 is 18.4. The van der Waals surface area contributed by atoms with E-state index in [1.807, 2.05) is 37.3 Å². The second-order valence-electron chi connectivity index (χ2n) is 7.10. The standard InChI is InChI=1S/C23H25ClFN5O2/c1-15-13-21(29-17-5-7-18(32-2)8-6-17)30-23(28-15)27-12-11-26-22(31)10-4-16-3-9-20(25)19(24)14-16/h3,5-9,13-14H,4,10-12H2,1-2H3,(H,26,31)(H2,27,28,29,30). The molecule has 0 spiro atoms.